The summed E-state index contributed by atoms with van der Waals surface area (Å²) < 4.78 is 0. The Morgan fingerprint density at radius 2 is 1.93 bits per heavy atom. The summed E-state index contributed by atoms with van der Waals surface area (Å²) in [6.45, 7) is 0.553. The van der Waals surface area contributed by atoms with Crippen molar-refractivity contribution in [1.29, 1.82) is 0 Å². The van der Waals surface area contributed by atoms with Crippen molar-refractivity contribution < 1.29 is 14.7 Å². The standard InChI is InChI=1S/C10H18N2O3/c13-9(7-11-6-5-10(14)15)12-8-3-1-2-4-8/h8,11H,1-7H2,(H,12,13)(H,14,15). The fourth-order valence-electron chi connectivity index (χ4n) is 1.75. The summed E-state index contributed by atoms with van der Waals surface area (Å²) in [6, 6.07) is 0.332. The lowest BCUT2D eigenvalue weighted by Gasteiger charge is -2.11. The van der Waals surface area contributed by atoms with Crippen LogP contribution < -0.4 is 10.6 Å². The number of nitrogens with one attached hydrogen (secondary N) is 2. The average Bonchev–Trinajstić information content (AvgIpc) is 2.64. The lowest BCUT2D eigenvalue weighted by molar-refractivity contribution is -0.137. The predicted molar refractivity (Wildman–Crippen MR) is 55.5 cm³/mol. The van der Waals surface area contributed by atoms with Crippen molar-refractivity contribution in [1.82, 2.24) is 10.6 Å². The number of hydrogen-bond acceptors (Lipinski definition) is 3. The van der Waals surface area contributed by atoms with E-state index in [9.17, 15) is 9.59 Å². The monoisotopic (exact) mass is 214 g/mol. The molecule has 1 rings (SSSR count). The summed E-state index contributed by atoms with van der Waals surface area (Å²) in [5, 5.41) is 14.1. The second-order valence-electron chi connectivity index (χ2n) is 3.87. The van der Waals surface area contributed by atoms with Crippen LogP contribution in [0.2, 0.25) is 0 Å². The predicted octanol–water partition coefficient (Wildman–Crippen LogP) is 0.110. The summed E-state index contributed by atoms with van der Waals surface area (Å²) in [5.41, 5.74) is 0. The molecule has 1 aliphatic rings. The molecule has 0 heterocycles. The molecule has 1 aliphatic carbocycles. The van der Waals surface area contributed by atoms with Gasteiger partial charge >= 0.3 is 5.97 Å². The maximum Gasteiger partial charge on any atom is 0.304 e. The number of aliphatic carboxylic acids is 1. The number of hydrogen-bond donors (Lipinski definition) is 3. The normalized spacial score (nSPS) is 16.5. The minimum Gasteiger partial charge on any atom is -0.481 e. The number of carbonyl (C=O) groups is 2. The van der Waals surface area contributed by atoms with Gasteiger partial charge in [-0.2, -0.15) is 0 Å². The lowest BCUT2D eigenvalue weighted by atomic mass is 10.2. The Kier molecular flexibility index (Phi) is 5.10. The van der Waals surface area contributed by atoms with Crippen molar-refractivity contribution in [3.8, 4) is 0 Å². The lowest BCUT2D eigenvalue weighted by Crippen LogP contribution is -2.39. The van der Waals surface area contributed by atoms with Crippen LogP contribution in [-0.2, 0) is 9.59 Å². The fourth-order valence-corrected chi connectivity index (χ4v) is 1.75. The first-order chi connectivity index (χ1) is 7.18. The number of carboxylic acids is 1. The van der Waals surface area contributed by atoms with Gasteiger partial charge in [-0.25, -0.2) is 0 Å². The van der Waals surface area contributed by atoms with Crippen LogP contribution in [0.5, 0.6) is 0 Å². The minimum absolute atomic E-state index is 0.0349. The molecule has 86 valence electrons. The highest BCUT2D eigenvalue weighted by Crippen LogP contribution is 2.17. The molecule has 0 spiro atoms. The van der Waals surface area contributed by atoms with Gasteiger partial charge in [0.15, 0.2) is 0 Å². The third-order valence-electron chi connectivity index (χ3n) is 2.52. The SMILES string of the molecule is O=C(O)CCNCC(=O)NC1CCCC1. The van der Waals surface area contributed by atoms with E-state index in [0.29, 0.717) is 12.6 Å². The van der Waals surface area contributed by atoms with Crippen LogP contribution in [0.15, 0.2) is 0 Å². The van der Waals surface area contributed by atoms with Crippen molar-refractivity contribution in [2.24, 2.45) is 0 Å². The molecule has 0 unspecified atom stereocenters. The quantitative estimate of drug-likeness (QED) is 0.548. The number of carbonyl (C=O) groups excluding carboxylic acids is 1. The highest BCUT2D eigenvalue weighted by atomic mass is 16.4. The molecule has 1 saturated carbocycles. The molecule has 0 bridgehead atoms. The van der Waals surface area contributed by atoms with Gasteiger partial charge in [-0.3, -0.25) is 9.59 Å². The zero-order valence-electron chi connectivity index (χ0n) is 8.79. The number of amides is 1. The highest BCUT2D eigenvalue weighted by molar-refractivity contribution is 5.78. The Balaban J connectivity index is 2.00. The van der Waals surface area contributed by atoms with Crippen molar-refractivity contribution >= 4 is 11.9 Å². The first-order valence-electron chi connectivity index (χ1n) is 5.40. The van der Waals surface area contributed by atoms with Crippen LogP contribution in [-0.4, -0.2) is 36.1 Å². The Hall–Kier alpha value is -1.10. The maximum atomic E-state index is 11.3. The van der Waals surface area contributed by atoms with Crippen molar-refractivity contribution in [2.75, 3.05) is 13.1 Å². The molecule has 0 aliphatic heterocycles. The Labute approximate surface area is 89.2 Å². The van der Waals surface area contributed by atoms with Crippen LogP contribution in [0.4, 0.5) is 0 Å². The summed E-state index contributed by atoms with van der Waals surface area (Å²) in [5.74, 6) is -0.883. The first kappa shape index (κ1) is 12.0. The van der Waals surface area contributed by atoms with E-state index in [-0.39, 0.29) is 18.9 Å². The van der Waals surface area contributed by atoms with E-state index >= 15 is 0 Å². The smallest absolute Gasteiger partial charge is 0.304 e. The largest absolute Gasteiger partial charge is 0.481 e. The second kappa shape index (κ2) is 6.40. The van der Waals surface area contributed by atoms with Gasteiger partial charge in [0.25, 0.3) is 0 Å². The minimum atomic E-state index is -0.848. The molecule has 1 fully saturated rings. The van der Waals surface area contributed by atoms with E-state index in [1.54, 1.807) is 0 Å². The van der Waals surface area contributed by atoms with E-state index in [1.165, 1.54) is 12.8 Å². The summed E-state index contributed by atoms with van der Waals surface area (Å²) >= 11 is 0. The van der Waals surface area contributed by atoms with Gasteiger partial charge in [-0.15, -0.1) is 0 Å². The van der Waals surface area contributed by atoms with Crippen LogP contribution in [0.1, 0.15) is 32.1 Å². The second-order valence-corrected chi connectivity index (χ2v) is 3.87. The zero-order chi connectivity index (χ0) is 11.1. The third-order valence-corrected chi connectivity index (χ3v) is 2.52. The molecule has 0 aromatic heterocycles. The van der Waals surface area contributed by atoms with Gasteiger partial charge in [-0.1, -0.05) is 12.8 Å². The average molecular weight is 214 g/mol. The molecule has 0 radical (unpaired) electrons. The Morgan fingerprint density at radius 1 is 1.27 bits per heavy atom. The molecule has 1 amide bonds. The van der Waals surface area contributed by atoms with Crippen molar-refractivity contribution in [2.45, 2.75) is 38.1 Å². The van der Waals surface area contributed by atoms with Crippen LogP contribution in [0, 0.1) is 0 Å². The van der Waals surface area contributed by atoms with Gasteiger partial charge in [-0.05, 0) is 12.8 Å². The first-order valence-corrected chi connectivity index (χ1v) is 5.40. The molecular formula is C10H18N2O3. The van der Waals surface area contributed by atoms with Gasteiger partial charge in [0.1, 0.15) is 0 Å². The summed E-state index contributed by atoms with van der Waals surface area (Å²) in [7, 11) is 0. The molecule has 0 aromatic rings. The van der Waals surface area contributed by atoms with E-state index < -0.39 is 5.97 Å². The topological polar surface area (TPSA) is 78.4 Å². The fraction of sp³-hybridized carbons (Fsp3) is 0.800. The molecule has 5 heteroatoms. The van der Waals surface area contributed by atoms with Crippen LogP contribution in [0.25, 0.3) is 0 Å². The Bertz CT molecular complexity index is 225. The molecular weight excluding hydrogens is 196 g/mol. The van der Waals surface area contributed by atoms with Crippen molar-refractivity contribution in [3.05, 3.63) is 0 Å². The summed E-state index contributed by atoms with van der Waals surface area (Å²) in [6.07, 6.45) is 4.58. The summed E-state index contributed by atoms with van der Waals surface area (Å²) in [4.78, 5) is 21.5. The van der Waals surface area contributed by atoms with Gasteiger partial charge in [0.05, 0.1) is 13.0 Å². The van der Waals surface area contributed by atoms with Gasteiger partial charge < -0.3 is 15.7 Å². The molecule has 0 aromatic carbocycles. The van der Waals surface area contributed by atoms with Crippen LogP contribution >= 0.6 is 0 Å². The molecule has 5 nitrogen and oxygen atoms in total. The van der Waals surface area contributed by atoms with Gasteiger partial charge in [0.2, 0.25) is 5.91 Å². The van der Waals surface area contributed by atoms with Crippen molar-refractivity contribution in [3.63, 3.8) is 0 Å². The van der Waals surface area contributed by atoms with E-state index in [2.05, 4.69) is 10.6 Å². The molecule has 15 heavy (non-hydrogen) atoms. The maximum absolute atomic E-state index is 11.3. The highest BCUT2D eigenvalue weighted by Gasteiger charge is 2.16. The molecule has 0 atom stereocenters. The number of carboxylic acid groups (broad SMARTS) is 1. The zero-order valence-corrected chi connectivity index (χ0v) is 8.79. The van der Waals surface area contributed by atoms with E-state index in [1.807, 2.05) is 0 Å². The number of rotatable bonds is 6. The molecule has 0 saturated heterocycles. The van der Waals surface area contributed by atoms with Gasteiger partial charge in [0, 0.05) is 12.6 Å². The van der Waals surface area contributed by atoms with E-state index in [0.717, 1.165) is 12.8 Å². The Morgan fingerprint density at radius 3 is 2.53 bits per heavy atom. The third kappa shape index (κ3) is 5.37. The van der Waals surface area contributed by atoms with Crippen LogP contribution in [0.3, 0.4) is 0 Å². The molecule has 3 N–H and O–H groups in total. The van der Waals surface area contributed by atoms with E-state index in [4.69, 9.17) is 5.11 Å².